The van der Waals surface area contributed by atoms with Crippen LogP contribution in [-0.4, -0.2) is 41.5 Å². The average molecular weight is 375 g/mol. The molecule has 146 valence electrons. The van der Waals surface area contributed by atoms with E-state index in [1.54, 1.807) is 38.5 Å². The fourth-order valence-electron chi connectivity index (χ4n) is 2.74. The molecule has 0 bridgehead atoms. The van der Waals surface area contributed by atoms with Crippen LogP contribution in [0.1, 0.15) is 28.9 Å². The zero-order valence-electron chi connectivity index (χ0n) is 16.4. The van der Waals surface area contributed by atoms with E-state index in [0.717, 1.165) is 5.56 Å². The number of hydrogen-bond donors (Lipinski definition) is 1. The van der Waals surface area contributed by atoms with Gasteiger partial charge in [0.15, 0.2) is 11.5 Å². The van der Waals surface area contributed by atoms with Crippen LogP contribution in [0.15, 0.2) is 30.3 Å². The van der Waals surface area contributed by atoms with Gasteiger partial charge in [-0.25, -0.2) is 0 Å². The first-order valence-corrected chi connectivity index (χ1v) is 8.31. The van der Waals surface area contributed by atoms with E-state index in [9.17, 15) is 4.79 Å². The maximum atomic E-state index is 12.9. The summed E-state index contributed by atoms with van der Waals surface area (Å²) in [5, 5.41) is 2.95. The lowest BCUT2D eigenvalue weighted by Crippen LogP contribution is -2.27. The van der Waals surface area contributed by atoms with Gasteiger partial charge in [0.1, 0.15) is 17.2 Å². The Hall–Kier alpha value is -3.09. The van der Waals surface area contributed by atoms with Gasteiger partial charge in [-0.3, -0.25) is 4.79 Å². The Morgan fingerprint density at radius 3 is 1.93 bits per heavy atom. The van der Waals surface area contributed by atoms with E-state index in [-0.39, 0.29) is 11.9 Å². The molecule has 0 spiro atoms. The standard InChI is InChI=1S/C20H25NO6/c1-12(14-9-13(23-2)7-8-16(14)24-3)21-20(22)15-10-18(26-5)19(27-6)11-17(15)25-4/h7-12H,1-6H3,(H,21,22). The van der Waals surface area contributed by atoms with Crippen molar-refractivity contribution in [3.63, 3.8) is 0 Å². The van der Waals surface area contributed by atoms with Crippen molar-refractivity contribution in [3.8, 4) is 28.7 Å². The van der Waals surface area contributed by atoms with Crippen molar-refractivity contribution in [1.82, 2.24) is 5.32 Å². The summed E-state index contributed by atoms with van der Waals surface area (Å²) in [5.74, 6) is 2.32. The highest BCUT2D eigenvalue weighted by Gasteiger charge is 2.21. The molecule has 0 heterocycles. The van der Waals surface area contributed by atoms with Crippen molar-refractivity contribution in [2.75, 3.05) is 35.5 Å². The van der Waals surface area contributed by atoms with Gasteiger partial charge in [0.05, 0.1) is 47.2 Å². The largest absolute Gasteiger partial charge is 0.497 e. The van der Waals surface area contributed by atoms with Crippen LogP contribution in [0, 0.1) is 0 Å². The molecule has 1 unspecified atom stereocenters. The Balaban J connectivity index is 2.34. The van der Waals surface area contributed by atoms with Crippen LogP contribution in [0.25, 0.3) is 0 Å². The molecule has 0 radical (unpaired) electrons. The third-order valence-corrected chi connectivity index (χ3v) is 4.20. The Kier molecular flexibility index (Phi) is 6.76. The predicted octanol–water partition coefficient (Wildman–Crippen LogP) is 3.22. The molecule has 0 aliphatic rings. The Morgan fingerprint density at radius 2 is 1.37 bits per heavy atom. The Bertz CT molecular complexity index is 805. The minimum atomic E-state index is -0.333. The number of methoxy groups -OCH3 is 5. The zero-order chi connectivity index (χ0) is 20.0. The average Bonchev–Trinajstić information content (AvgIpc) is 2.71. The third kappa shape index (κ3) is 4.36. The van der Waals surface area contributed by atoms with Gasteiger partial charge in [-0.2, -0.15) is 0 Å². The van der Waals surface area contributed by atoms with Crippen LogP contribution in [0.2, 0.25) is 0 Å². The molecule has 2 aromatic carbocycles. The van der Waals surface area contributed by atoms with E-state index in [0.29, 0.717) is 34.3 Å². The highest BCUT2D eigenvalue weighted by molar-refractivity contribution is 5.98. The molecule has 0 aliphatic carbocycles. The topological polar surface area (TPSA) is 75.3 Å². The lowest BCUT2D eigenvalue weighted by atomic mass is 10.1. The van der Waals surface area contributed by atoms with Gasteiger partial charge in [-0.05, 0) is 25.1 Å². The minimum Gasteiger partial charge on any atom is -0.497 e. The fraction of sp³-hybridized carbons (Fsp3) is 0.350. The second-order valence-electron chi connectivity index (χ2n) is 5.71. The SMILES string of the molecule is COc1ccc(OC)c(C(C)NC(=O)c2cc(OC)c(OC)cc2OC)c1. The first-order chi connectivity index (χ1) is 13.0. The van der Waals surface area contributed by atoms with E-state index in [1.807, 2.05) is 13.0 Å². The molecule has 0 saturated heterocycles. The number of carbonyl (C=O) groups excluding carboxylic acids is 1. The van der Waals surface area contributed by atoms with Gasteiger partial charge in [-0.1, -0.05) is 0 Å². The Labute approximate surface area is 159 Å². The fourth-order valence-corrected chi connectivity index (χ4v) is 2.74. The zero-order valence-corrected chi connectivity index (χ0v) is 16.4. The van der Waals surface area contributed by atoms with Crippen molar-refractivity contribution >= 4 is 5.91 Å². The van der Waals surface area contributed by atoms with Gasteiger partial charge in [0.2, 0.25) is 0 Å². The highest BCUT2D eigenvalue weighted by atomic mass is 16.5. The molecule has 1 amide bonds. The van der Waals surface area contributed by atoms with E-state index in [2.05, 4.69) is 5.32 Å². The van der Waals surface area contributed by atoms with Crippen LogP contribution in [-0.2, 0) is 0 Å². The molecular formula is C20H25NO6. The minimum absolute atomic E-state index is 0.315. The number of amides is 1. The molecule has 2 rings (SSSR count). The van der Waals surface area contributed by atoms with Crippen molar-refractivity contribution in [2.45, 2.75) is 13.0 Å². The molecule has 7 heteroatoms. The summed E-state index contributed by atoms with van der Waals surface area (Å²) in [6.45, 7) is 1.86. The first kappa shape index (κ1) is 20.2. The first-order valence-electron chi connectivity index (χ1n) is 8.31. The summed E-state index contributed by atoms with van der Waals surface area (Å²) in [5.41, 5.74) is 1.13. The molecule has 0 fully saturated rings. The molecule has 2 aromatic rings. The van der Waals surface area contributed by atoms with Gasteiger partial charge < -0.3 is 29.0 Å². The van der Waals surface area contributed by atoms with Crippen LogP contribution in [0.3, 0.4) is 0 Å². The van der Waals surface area contributed by atoms with E-state index in [4.69, 9.17) is 23.7 Å². The normalized spacial score (nSPS) is 11.3. The van der Waals surface area contributed by atoms with Crippen molar-refractivity contribution in [2.24, 2.45) is 0 Å². The van der Waals surface area contributed by atoms with Crippen LogP contribution < -0.4 is 29.0 Å². The molecule has 0 aliphatic heterocycles. The summed E-state index contributed by atoms with van der Waals surface area (Å²) in [7, 11) is 7.69. The second kappa shape index (κ2) is 9.02. The lowest BCUT2D eigenvalue weighted by molar-refractivity contribution is 0.0936. The van der Waals surface area contributed by atoms with Crippen LogP contribution in [0.5, 0.6) is 28.7 Å². The molecule has 1 atom stereocenters. The summed E-state index contributed by atoms with van der Waals surface area (Å²) >= 11 is 0. The summed E-state index contributed by atoms with van der Waals surface area (Å²) in [4.78, 5) is 12.9. The van der Waals surface area contributed by atoms with Gasteiger partial charge in [0, 0.05) is 17.7 Å². The number of nitrogens with one attached hydrogen (secondary N) is 1. The Morgan fingerprint density at radius 1 is 0.778 bits per heavy atom. The number of benzene rings is 2. The molecule has 7 nitrogen and oxygen atoms in total. The maximum Gasteiger partial charge on any atom is 0.255 e. The third-order valence-electron chi connectivity index (χ3n) is 4.20. The molecule has 0 saturated carbocycles. The molecule has 27 heavy (non-hydrogen) atoms. The van der Waals surface area contributed by atoms with E-state index >= 15 is 0 Å². The number of rotatable bonds is 8. The summed E-state index contributed by atoms with van der Waals surface area (Å²) in [6.07, 6.45) is 0. The monoisotopic (exact) mass is 375 g/mol. The molecule has 1 N–H and O–H groups in total. The molecule has 0 aromatic heterocycles. The summed E-state index contributed by atoms with van der Waals surface area (Å²) in [6, 6.07) is 8.30. The number of carbonyl (C=O) groups is 1. The number of ether oxygens (including phenoxy) is 5. The quantitative estimate of drug-likeness (QED) is 0.764. The van der Waals surface area contributed by atoms with Crippen molar-refractivity contribution in [3.05, 3.63) is 41.5 Å². The number of hydrogen-bond acceptors (Lipinski definition) is 6. The van der Waals surface area contributed by atoms with Gasteiger partial charge in [0.25, 0.3) is 5.91 Å². The van der Waals surface area contributed by atoms with Gasteiger partial charge in [-0.15, -0.1) is 0 Å². The van der Waals surface area contributed by atoms with Gasteiger partial charge >= 0.3 is 0 Å². The lowest BCUT2D eigenvalue weighted by Gasteiger charge is -2.19. The van der Waals surface area contributed by atoms with Crippen molar-refractivity contribution < 1.29 is 28.5 Å². The second-order valence-corrected chi connectivity index (χ2v) is 5.71. The highest BCUT2D eigenvalue weighted by Crippen LogP contribution is 2.35. The maximum absolute atomic E-state index is 12.9. The van der Waals surface area contributed by atoms with Crippen LogP contribution in [0.4, 0.5) is 0 Å². The smallest absolute Gasteiger partial charge is 0.255 e. The van der Waals surface area contributed by atoms with E-state index in [1.165, 1.54) is 21.3 Å². The molecular weight excluding hydrogens is 350 g/mol. The van der Waals surface area contributed by atoms with Crippen molar-refractivity contribution in [1.29, 1.82) is 0 Å². The predicted molar refractivity (Wildman–Crippen MR) is 102 cm³/mol. The van der Waals surface area contributed by atoms with E-state index < -0.39 is 0 Å². The summed E-state index contributed by atoms with van der Waals surface area (Å²) < 4.78 is 26.5. The van der Waals surface area contributed by atoms with Crippen LogP contribution >= 0.6 is 0 Å².